The number of fused-ring (bicyclic) bond motifs is 1. The van der Waals surface area contributed by atoms with Crippen LogP contribution in [0.5, 0.6) is 17.2 Å². The van der Waals surface area contributed by atoms with Crippen LogP contribution in [0, 0.1) is 0 Å². The van der Waals surface area contributed by atoms with Crippen LogP contribution < -0.4 is 19.1 Å². The molecule has 1 aromatic heterocycles. The maximum Gasteiger partial charge on any atom is 0.233 e. The van der Waals surface area contributed by atoms with Gasteiger partial charge in [-0.2, -0.15) is 0 Å². The molecule has 8 heteroatoms. The van der Waals surface area contributed by atoms with Gasteiger partial charge in [0.1, 0.15) is 0 Å². The van der Waals surface area contributed by atoms with Crippen LogP contribution >= 0.6 is 11.3 Å². The topological polar surface area (TPSA) is 70.1 Å². The molecule has 1 amide bonds. The number of aromatic nitrogens is 1. The number of methoxy groups -OCH3 is 4. The van der Waals surface area contributed by atoms with Gasteiger partial charge in [0.2, 0.25) is 11.7 Å². The third-order valence-electron chi connectivity index (χ3n) is 4.41. The summed E-state index contributed by atoms with van der Waals surface area (Å²) in [5, 5.41) is 0.653. The molecule has 0 atom stereocenters. The minimum Gasteiger partial charge on any atom is -0.493 e. The van der Waals surface area contributed by atoms with E-state index in [2.05, 4.69) is 4.98 Å². The molecule has 1 heterocycles. The van der Waals surface area contributed by atoms with E-state index < -0.39 is 0 Å². The number of para-hydroxylation sites is 1. The van der Waals surface area contributed by atoms with Gasteiger partial charge in [-0.05, 0) is 29.8 Å². The lowest BCUT2D eigenvalue weighted by Crippen LogP contribution is -2.35. The molecule has 2 aromatic carbocycles. The van der Waals surface area contributed by atoms with Gasteiger partial charge in [0, 0.05) is 7.11 Å². The molecule has 0 aliphatic carbocycles. The van der Waals surface area contributed by atoms with E-state index in [0.717, 1.165) is 15.8 Å². The number of amides is 1. The fraction of sp³-hybridized carbons (Fsp3) is 0.333. The van der Waals surface area contributed by atoms with Crippen LogP contribution in [-0.2, 0) is 16.0 Å². The highest BCUT2D eigenvalue weighted by Gasteiger charge is 2.22. The van der Waals surface area contributed by atoms with Gasteiger partial charge >= 0.3 is 0 Å². The Balaban J connectivity index is 1.90. The van der Waals surface area contributed by atoms with E-state index in [-0.39, 0.29) is 12.3 Å². The summed E-state index contributed by atoms with van der Waals surface area (Å²) >= 11 is 1.49. The summed E-state index contributed by atoms with van der Waals surface area (Å²) in [6.45, 7) is 0.830. The number of carbonyl (C=O) groups excluding carboxylic acids is 1. The van der Waals surface area contributed by atoms with E-state index in [0.29, 0.717) is 35.5 Å². The first-order valence-corrected chi connectivity index (χ1v) is 9.86. The van der Waals surface area contributed by atoms with Crippen LogP contribution in [-0.4, -0.2) is 52.5 Å². The quantitative estimate of drug-likeness (QED) is 0.531. The molecule has 0 N–H and O–H groups in total. The minimum atomic E-state index is -0.0876. The molecule has 29 heavy (non-hydrogen) atoms. The molecule has 0 aliphatic heterocycles. The molecule has 0 saturated carbocycles. The monoisotopic (exact) mass is 416 g/mol. The Kier molecular flexibility index (Phi) is 6.90. The lowest BCUT2D eigenvalue weighted by atomic mass is 10.1. The Bertz CT molecular complexity index is 930. The number of hydrogen-bond donors (Lipinski definition) is 0. The maximum absolute atomic E-state index is 13.2. The van der Waals surface area contributed by atoms with Crippen LogP contribution in [0.1, 0.15) is 5.56 Å². The first kappa shape index (κ1) is 20.9. The van der Waals surface area contributed by atoms with Crippen LogP contribution in [0.25, 0.3) is 10.2 Å². The van der Waals surface area contributed by atoms with Crippen molar-refractivity contribution in [2.75, 3.05) is 46.5 Å². The highest BCUT2D eigenvalue weighted by Crippen LogP contribution is 2.38. The number of rotatable bonds is 9. The van der Waals surface area contributed by atoms with Crippen LogP contribution in [0.3, 0.4) is 0 Å². The van der Waals surface area contributed by atoms with Gasteiger partial charge in [-0.15, -0.1) is 0 Å². The van der Waals surface area contributed by atoms with Gasteiger partial charge in [-0.25, -0.2) is 4.98 Å². The van der Waals surface area contributed by atoms with Crippen molar-refractivity contribution in [3.05, 3.63) is 42.0 Å². The van der Waals surface area contributed by atoms with E-state index >= 15 is 0 Å². The molecule has 0 aliphatic rings. The van der Waals surface area contributed by atoms with Crippen LogP contribution in [0.15, 0.2) is 36.4 Å². The highest BCUT2D eigenvalue weighted by atomic mass is 32.1. The van der Waals surface area contributed by atoms with Crippen molar-refractivity contribution < 1.29 is 23.7 Å². The highest BCUT2D eigenvalue weighted by molar-refractivity contribution is 7.22. The fourth-order valence-corrected chi connectivity index (χ4v) is 4.00. The summed E-state index contributed by atoms with van der Waals surface area (Å²) in [7, 11) is 6.26. The zero-order valence-electron chi connectivity index (χ0n) is 16.9. The minimum absolute atomic E-state index is 0.0876. The van der Waals surface area contributed by atoms with E-state index in [4.69, 9.17) is 18.9 Å². The standard InChI is InChI=1S/C21H24N2O5S/c1-25-10-9-23(21-22-15-7-5-6-8-18(15)29-21)19(24)13-14-11-16(26-2)20(28-4)17(12-14)27-3/h5-8,11-12H,9-10,13H2,1-4H3. The number of thiazole rings is 1. The van der Waals surface area contributed by atoms with Crippen molar-refractivity contribution in [3.63, 3.8) is 0 Å². The van der Waals surface area contributed by atoms with Crippen molar-refractivity contribution in [1.82, 2.24) is 4.98 Å². The molecule has 0 fully saturated rings. The maximum atomic E-state index is 13.2. The van der Waals surface area contributed by atoms with Gasteiger partial charge in [0.05, 0.1) is 51.1 Å². The van der Waals surface area contributed by atoms with Gasteiger partial charge in [-0.3, -0.25) is 9.69 Å². The molecular weight excluding hydrogens is 392 g/mol. The van der Waals surface area contributed by atoms with Crippen molar-refractivity contribution in [3.8, 4) is 17.2 Å². The van der Waals surface area contributed by atoms with Gasteiger partial charge in [0.25, 0.3) is 0 Å². The Morgan fingerprint density at radius 1 is 1.03 bits per heavy atom. The smallest absolute Gasteiger partial charge is 0.233 e. The first-order chi connectivity index (χ1) is 14.1. The third-order valence-corrected chi connectivity index (χ3v) is 5.47. The fourth-order valence-electron chi connectivity index (χ4n) is 2.99. The van der Waals surface area contributed by atoms with E-state index in [1.807, 2.05) is 24.3 Å². The molecule has 3 aromatic rings. The van der Waals surface area contributed by atoms with E-state index in [1.165, 1.54) is 11.3 Å². The van der Waals surface area contributed by atoms with Crippen molar-refractivity contribution in [2.24, 2.45) is 0 Å². The summed E-state index contributed by atoms with van der Waals surface area (Å²) < 4.78 is 22.4. The molecule has 7 nitrogen and oxygen atoms in total. The van der Waals surface area contributed by atoms with E-state index in [9.17, 15) is 4.79 Å². The lowest BCUT2D eigenvalue weighted by molar-refractivity contribution is -0.118. The molecule has 0 spiro atoms. The number of ether oxygens (including phenoxy) is 4. The normalized spacial score (nSPS) is 10.8. The first-order valence-electron chi connectivity index (χ1n) is 9.05. The molecule has 3 rings (SSSR count). The molecule has 0 bridgehead atoms. The summed E-state index contributed by atoms with van der Waals surface area (Å²) in [5.41, 5.74) is 1.63. The van der Waals surface area contributed by atoms with Crippen molar-refractivity contribution in [1.29, 1.82) is 0 Å². The van der Waals surface area contributed by atoms with Crippen LogP contribution in [0.4, 0.5) is 5.13 Å². The molecule has 0 saturated heterocycles. The number of anilines is 1. The predicted molar refractivity (Wildman–Crippen MR) is 114 cm³/mol. The second kappa shape index (κ2) is 9.58. The number of carbonyl (C=O) groups is 1. The molecule has 154 valence electrons. The van der Waals surface area contributed by atoms with Crippen LogP contribution in [0.2, 0.25) is 0 Å². The third kappa shape index (κ3) is 4.60. The van der Waals surface area contributed by atoms with Crippen molar-refractivity contribution in [2.45, 2.75) is 6.42 Å². The Labute approximate surface area is 173 Å². The zero-order valence-corrected chi connectivity index (χ0v) is 17.7. The summed E-state index contributed by atoms with van der Waals surface area (Å²) in [6, 6.07) is 11.4. The average molecular weight is 416 g/mol. The van der Waals surface area contributed by atoms with Gasteiger partial charge < -0.3 is 18.9 Å². The number of nitrogens with zero attached hydrogens (tertiary/aromatic N) is 2. The second-order valence-electron chi connectivity index (χ2n) is 6.21. The largest absolute Gasteiger partial charge is 0.493 e. The summed E-state index contributed by atoms with van der Waals surface area (Å²) in [5.74, 6) is 1.43. The average Bonchev–Trinajstić information content (AvgIpc) is 3.17. The molecule has 0 unspecified atom stereocenters. The number of benzene rings is 2. The van der Waals surface area contributed by atoms with Gasteiger partial charge in [0.15, 0.2) is 16.6 Å². The second-order valence-corrected chi connectivity index (χ2v) is 7.22. The SMILES string of the molecule is COCCN(C(=O)Cc1cc(OC)c(OC)c(OC)c1)c1nc2ccccc2s1. The molecular formula is C21H24N2O5S. The summed E-state index contributed by atoms with van der Waals surface area (Å²) in [6.07, 6.45) is 0.163. The molecule has 0 radical (unpaired) electrons. The Morgan fingerprint density at radius 2 is 1.72 bits per heavy atom. The Hall–Kier alpha value is -2.84. The van der Waals surface area contributed by atoms with E-state index in [1.54, 1.807) is 45.5 Å². The van der Waals surface area contributed by atoms with Gasteiger partial charge in [-0.1, -0.05) is 23.5 Å². The predicted octanol–water partition coefficient (Wildman–Crippen LogP) is 3.54. The number of hydrogen-bond acceptors (Lipinski definition) is 7. The van der Waals surface area contributed by atoms with Crippen molar-refractivity contribution >= 4 is 32.6 Å². The lowest BCUT2D eigenvalue weighted by Gasteiger charge is -2.20. The summed E-state index contributed by atoms with van der Waals surface area (Å²) in [4.78, 5) is 19.5. The zero-order chi connectivity index (χ0) is 20.8. The Morgan fingerprint density at radius 3 is 2.31 bits per heavy atom.